The van der Waals surface area contributed by atoms with E-state index in [-0.39, 0.29) is 0 Å². The molecular weight excluding hydrogens is 549 g/mol. The monoisotopic (exact) mass is 591 g/mol. The summed E-state index contributed by atoms with van der Waals surface area (Å²) in [4.78, 5) is 0. The van der Waals surface area contributed by atoms with Crippen LogP contribution in [0.5, 0.6) is 51.7 Å². The molecule has 0 aliphatic carbocycles. The first kappa shape index (κ1) is 31.8. The molecule has 0 bridgehead atoms. The van der Waals surface area contributed by atoms with Gasteiger partial charge in [0.25, 0.3) is 0 Å². The van der Waals surface area contributed by atoms with Crippen LogP contribution in [-0.2, 0) is 0 Å². The van der Waals surface area contributed by atoms with E-state index in [9.17, 15) is 0 Å². The van der Waals surface area contributed by atoms with Crippen molar-refractivity contribution in [2.75, 3.05) is 76.7 Å². The number of benzene rings is 3. The summed E-state index contributed by atoms with van der Waals surface area (Å²) >= 11 is 0. The molecular formula is C30H42NO9P. The molecule has 3 rings (SSSR count). The van der Waals surface area contributed by atoms with Gasteiger partial charge in [-0.25, -0.2) is 0 Å². The van der Waals surface area contributed by atoms with E-state index < -0.39 is 7.26 Å². The van der Waals surface area contributed by atoms with E-state index in [1.807, 2.05) is 36.4 Å². The summed E-state index contributed by atoms with van der Waals surface area (Å²) in [5.74, 6) is 5.09. The zero-order chi connectivity index (χ0) is 30.2. The third-order valence-corrected chi connectivity index (χ3v) is 12.3. The quantitative estimate of drug-likeness (QED) is 0.265. The molecule has 41 heavy (non-hydrogen) atoms. The molecule has 3 aromatic rings. The summed E-state index contributed by atoms with van der Waals surface area (Å²) in [6.45, 7) is 0.428. The van der Waals surface area contributed by atoms with Crippen LogP contribution in [0.4, 0.5) is 0 Å². The van der Waals surface area contributed by atoms with Crippen molar-refractivity contribution >= 4 is 23.2 Å². The van der Waals surface area contributed by atoms with Crippen molar-refractivity contribution in [3.8, 4) is 51.7 Å². The van der Waals surface area contributed by atoms with Crippen LogP contribution >= 0.6 is 7.26 Å². The van der Waals surface area contributed by atoms with Gasteiger partial charge in [0.15, 0.2) is 0 Å². The Bertz CT molecular complexity index is 1100. The Morgan fingerprint density at radius 1 is 0.439 bits per heavy atom. The van der Waals surface area contributed by atoms with Gasteiger partial charge in [0.2, 0.25) is 0 Å². The van der Waals surface area contributed by atoms with Crippen LogP contribution in [0.25, 0.3) is 0 Å². The second-order valence-corrected chi connectivity index (χ2v) is 12.8. The van der Waals surface area contributed by atoms with Gasteiger partial charge in [-0.2, -0.15) is 0 Å². The zero-order valence-corrected chi connectivity index (χ0v) is 26.3. The molecule has 0 saturated carbocycles. The van der Waals surface area contributed by atoms with E-state index in [1.165, 1.54) is 0 Å². The Morgan fingerprint density at radius 3 is 0.854 bits per heavy atom. The molecule has 0 aliphatic rings. The Hall–Kier alpha value is -3.75. The summed E-state index contributed by atoms with van der Waals surface area (Å²) in [6.07, 6.45) is 1.22. The van der Waals surface area contributed by atoms with Gasteiger partial charge in [-0.3, -0.25) is 0 Å². The van der Waals surface area contributed by atoms with Crippen molar-refractivity contribution in [1.29, 1.82) is 0 Å². The number of hydrogen-bond donors (Lipinski definition) is 1. The van der Waals surface area contributed by atoms with Crippen LogP contribution < -0.4 is 64.3 Å². The Kier molecular flexibility index (Phi) is 11.0. The molecule has 0 heterocycles. The van der Waals surface area contributed by atoms with E-state index in [1.54, 1.807) is 64.0 Å². The third-order valence-electron chi connectivity index (χ3n) is 7.18. The molecule has 0 radical (unpaired) electrons. The third kappa shape index (κ3) is 5.85. The second kappa shape index (κ2) is 14.2. The van der Waals surface area contributed by atoms with Gasteiger partial charge in [-0.05, 0) is 0 Å². The number of hydrogen-bond acceptors (Lipinski definition) is 10. The molecule has 0 fully saturated rings. The van der Waals surface area contributed by atoms with Crippen LogP contribution in [0, 0.1) is 0 Å². The fourth-order valence-corrected chi connectivity index (χ4v) is 11.2. The van der Waals surface area contributed by atoms with Crippen molar-refractivity contribution in [2.24, 2.45) is 5.73 Å². The van der Waals surface area contributed by atoms with Crippen LogP contribution in [0.1, 0.15) is 6.42 Å². The zero-order valence-electron chi connectivity index (χ0n) is 25.3. The predicted molar refractivity (Wildman–Crippen MR) is 164 cm³/mol. The minimum absolute atomic E-state index is 0.428. The average Bonchev–Trinajstić information content (AvgIpc) is 3.03. The van der Waals surface area contributed by atoms with Crippen molar-refractivity contribution < 1.29 is 42.6 Å². The number of methoxy groups -OCH3 is 9. The number of ether oxygens (including phenoxy) is 9. The Balaban J connectivity index is 2.78. The average molecular weight is 592 g/mol. The normalized spacial score (nSPS) is 11.4. The van der Waals surface area contributed by atoms with Crippen LogP contribution in [0.15, 0.2) is 36.4 Å². The van der Waals surface area contributed by atoms with E-state index in [4.69, 9.17) is 48.4 Å². The minimum atomic E-state index is -3.44. The maximum absolute atomic E-state index is 6.20. The summed E-state index contributed by atoms with van der Waals surface area (Å²) < 4.78 is 53.3. The van der Waals surface area contributed by atoms with Crippen molar-refractivity contribution in [1.82, 2.24) is 0 Å². The summed E-state index contributed by atoms with van der Waals surface area (Å²) in [7, 11) is 11.0. The van der Waals surface area contributed by atoms with Crippen LogP contribution in [-0.4, -0.2) is 76.7 Å². The molecule has 11 heteroatoms. The van der Waals surface area contributed by atoms with Gasteiger partial charge in [0.1, 0.15) is 0 Å². The number of nitrogens with two attached hydrogens (primary N) is 1. The molecule has 0 aromatic heterocycles. The van der Waals surface area contributed by atoms with E-state index in [0.717, 1.165) is 15.9 Å². The van der Waals surface area contributed by atoms with Gasteiger partial charge in [0, 0.05) is 0 Å². The van der Waals surface area contributed by atoms with Gasteiger partial charge in [-0.15, -0.1) is 0 Å². The van der Waals surface area contributed by atoms with E-state index in [0.29, 0.717) is 70.9 Å². The maximum atomic E-state index is 6.20. The van der Waals surface area contributed by atoms with Gasteiger partial charge >= 0.3 is 243 Å². The van der Waals surface area contributed by atoms with E-state index in [2.05, 4.69) is 0 Å². The summed E-state index contributed by atoms with van der Waals surface area (Å²) in [5.41, 5.74) is 6.20. The van der Waals surface area contributed by atoms with Crippen molar-refractivity contribution in [2.45, 2.75) is 6.42 Å². The van der Waals surface area contributed by atoms with E-state index >= 15 is 0 Å². The first-order valence-corrected chi connectivity index (χ1v) is 15.2. The van der Waals surface area contributed by atoms with Crippen LogP contribution in [0.2, 0.25) is 0 Å². The van der Waals surface area contributed by atoms with Gasteiger partial charge in [0.05, 0.1) is 0 Å². The second-order valence-electron chi connectivity index (χ2n) is 9.02. The molecule has 10 nitrogen and oxygen atoms in total. The van der Waals surface area contributed by atoms with Gasteiger partial charge in [-0.1, -0.05) is 0 Å². The van der Waals surface area contributed by atoms with Gasteiger partial charge < -0.3 is 0 Å². The molecule has 3 aromatic carbocycles. The van der Waals surface area contributed by atoms with Crippen molar-refractivity contribution in [3.63, 3.8) is 0 Å². The molecule has 0 unspecified atom stereocenters. The first-order chi connectivity index (χ1) is 19.9. The summed E-state index contributed by atoms with van der Waals surface area (Å²) in [5, 5.41) is 2.42. The molecule has 0 saturated heterocycles. The molecule has 0 amide bonds. The SMILES string of the molecule is COc1cc(OC)c([PH](CCCN)(c2c(OC)cc(OC)cc2OC)c2c(OC)cc(OC)cc2OC)c(OC)c1. The van der Waals surface area contributed by atoms with Crippen LogP contribution in [0.3, 0.4) is 0 Å². The topological polar surface area (TPSA) is 109 Å². The molecule has 2 N–H and O–H groups in total. The molecule has 0 spiro atoms. The van der Waals surface area contributed by atoms with Crippen molar-refractivity contribution in [3.05, 3.63) is 36.4 Å². The molecule has 226 valence electrons. The Labute approximate surface area is 242 Å². The fourth-order valence-electron chi connectivity index (χ4n) is 5.40. The standard InChI is InChI=1S/C30H42NO9P/c1-32-19-13-22(35-4)28(23(14-19)36-5)41(12-10-11-31,29-24(37-6)15-20(33-2)16-25(29)38-7)30-26(39-8)17-21(34-3)18-27(30)40-9/h13-18,41H,10-12,31H2,1-9H3. The molecule has 0 aliphatic heterocycles. The molecule has 0 atom stereocenters. The fraction of sp³-hybridized carbons (Fsp3) is 0.400. The number of rotatable bonds is 15. The first-order valence-electron chi connectivity index (χ1n) is 13.0. The Morgan fingerprint density at radius 2 is 0.683 bits per heavy atom. The predicted octanol–water partition coefficient (Wildman–Crippen LogP) is 3.14. The summed E-state index contributed by atoms with van der Waals surface area (Å²) in [6, 6.07) is 11.0.